The molecule has 0 saturated carbocycles. The first-order valence-corrected chi connectivity index (χ1v) is 12.5. The summed E-state index contributed by atoms with van der Waals surface area (Å²) >= 11 is 6.95. The van der Waals surface area contributed by atoms with Gasteiger partial charge in [0.25, 0.3) is 0 Å². The third-order valence-corrected chi connectivity index (χ3v) is 6.47. The van der Waals surface area contributed by atoms with E-state index in [9.17, 15) is 0 Å². The Hall–Kier alpha value is -3.22. The van der Waals surface area contributed by atoms with Crippen LogP contribution in [0.25, 0.3) is 21.8 Å². The molecule has 0 aliphatic heterocycles. The summed E-state index contributed by atoms with van der Waals surface area (Å²) in [5.74, 6) is 0. The fourth-order valence-corrected chi connectivity index (χ4v) is 4.52. The van der Waals surface area contributed by atoms with Gasteiger partial charge in [-0.2, -0.15) is 10.2 Å². The SMILES string of the molecule is Brc1ccc2cn(Cc3ccccc3)nc2c1.Brc1ccc2cnn(Cc3ccccc3)c2c1. The van der Waals surface area contributed by atoms with Gasteiger partial charge in [0, 0.05) is 25.9 Å². The van der Waals surface area contributed by atoms with Crippen LogP contribution in [0.1, 0.15) is 11.1 Å². The highest BCUT2D eigenvalue weighted by Gasteiger charge is 2.04. The molecule has 0 amide bonds. The summed E-state index contributed by atoms with van der Waals surface area (Å²) in [6.45, 7) is 1.62. The second-order valence-electron chi connectivity index (χ2n) is 8.01. The second-order valence-corrected chi connectivity index (χ2v) is 9.84. The molecule has 6 heteroatoms. The molecule has 0 radical (unpaired) electrons. The van der Waals surface area contributed by atoms with Crippen molar-refractivity contribution in [2.75, 3.05) is 0 Å². The molecule has 0 fully saturated rings. The first kappa shape index (κ1) is 22.6. The van der Waals surface area contributed by atoms with Crippen LogP contribution in [0.2, 0.25) is 0 Å². The van der Waals surface area contributed by atoms with Gasteiger partial charge < -0.3 is 0 Å². The average molecular weight is 574 g/mol. The van der Waals surface area contributed by atoms with Gasteiger partial charge in [0.2, 0.25) is 0 Å². The molecule has 0 bridgehead atoms. The van der Waals surface area contributed by atoms with Crippen molar-refractivity contribution in [1.82, 2.24) is 19.6 Å². The highest BCUT2D eigenvalue weighted by Crippen LogP contribution is 2.20. The highest BCUT2D eigenvalue weighted by atomic mass is 79.9. The number of rotatable bonds is 4. The normalized spacial score (nSPS) is 10.9. The number of halogens is 2. The van der Waals surface area contributed by atoms with Gasteiger partial charge >= 0.3 is 0 Å². The lowest BCUT2D eigenvalue weighted by molar-refractivity contribution is 0.696. The van der Waals surface area contributed by atoms with Crippen molar-refractivity contribution in [2.24, 2.45) is 0 Å². The largest absolute Gasteiger partial charge is 0.267 e. The molecule has 0 saturated heterocycles. The predicted octanol–water partition coefficient (Wildman–Crippen LogP) is 7.69. The minimum absolute atomic E-state index is 0.806. The summed E-state index contributed by atoms with van der Waals surface area (Å²) in [4.78, 5) is 0. The highest BCUT2D eigenvalue weighted by molar-refractivity contribution is 9.10. The number of hydrogen-bond acceptors (Lipinski definition) is 2. The van der Waals surface area contributed by atoms with Crippen LogP contribution in [0.4, 0.5) is 0 Å². The number of hydrogen-bond donors (Lipinski definition) is 0. The Labute approximate surface area is 215 Å². The maximum atomic E-state index is 4.56. The van der Waals surface area contributed by atoms with Crippen LogP contribution in [0.3, 0.4) is 0 Å². The van der Waals surface area contributed by atoms with Gasteiger partial charge in [-0.1, -0.05) is 105 Å². The van der Waals surface area contributed by atoms with Crippen LogP contribution in [0, 0.1) is 0 Å². The summed E-state index contributed by atoms with van der Waals surface area (Å²) in [5, 5.41) is 11.3. The van der Waals surface area contributed by atoms with Gasteiger partial charge in [0.05, 0.1) is 30.3 Å². The van der Waals surface area contributed by atoms with Gasteiger partial charge in [0.15, 0.2) is 0 Å². The van der Waals surface area contributed by atoms with E-state index < -0.39 is 0 Å². The second kappa shape index (κ2) is 10.4. The lowest BCUT2D eigenvalue weighted by atomic mass is 10.2. The molecule has 6 rings (SSSR count). The monoisotopic (exact) mass is 572 g/mol. The van der Waals surface area contributed by atoms with Crippen LogP contribution in [0.15, 0.2) is 118 Å². The lowest BCUT2D eigenvalue weighted by Gasteiger charge is -2.03. The van der Waals surface area contributed by atoms with Gasteiger partial charge in [-0.05, 0) is 35.4 Å². The maximum absolute atomic E-state index is 4.56. The summed E-state index contributed by atoms with van der Waals surface area (Å²) in [7, 11) is 0. The minimum Gasteiger partial charge on any atom is -0.267 e. The molecule has 0 N–H and O–H groups in total. The molecule has 0 atom stereocenters. The molecule has 168 valence electrons. The standard InChI is InChI=1S/2C14H11BrN2/c15-13-7-6-12-9-16-17(14(12)8-13)10-11-4-2-1-3-5-11;15-13-7-6-12-10-17(16-14(12)8-13)9-11-4-2-1-3-5-11/h1-9H,10H2;1-8,10H,9H2. The molecule has 0 aliphatic rings. The molecule has 2 aromatic heterocycles. The first-order valence-electron chi connectivity index (χ1n) is 11.0. The van der Waals surface area contributed by atoms with Crippen molar-refractivity contribution in [2.45, 2.75) is 13.1 Å². The quantitative estimate of drug-likeness (QED) is 0.217. The Morgan fingerprint density at radius 3 is 1.97 bits per heavy atom. The lowest BCUT2D eigenvalue weighted by Crippen LogP contribution is -2.00. The van der Waals surface area contributed by atoms with Gasteiger partial charge in [0.1, 0.15) is 0 Å². The zero-order chi connectivity index (χ0) is 23.3. The van der Waals surface area contributed by atoms with Gasteiger partial charge in [-0.3, -0.25) is 9.36 Å². The number of aromatic nitrogens is 4. The predicted molar refractivity (Wildman–Crippen MR) is 146 cm³/mol. The van der Waals surface area contributed by atoms with E-state index in [2.05, 4.69) is 115 Å². The Morgan fingerprint density at radius 2 is 1.26 bits per heavy atom. The fraction of sp³-hybridized carbons (Fsp3) is 0.0714. The number of nitrogens with zero attached hydrogens (tertiary/aromatic N) is 4. The van der Waals surface area contributed by atoms with Crippen LogP contribution >= 0.6 is 31.9 Å². The molecule has 34 heavy (non-hydrogen) atoms. The minimum atomic E-state index is 0.806. The molecule has 0 aliphatic carbocycles. The van der Waals surface area contributed by atoms with Crippen molar-refractivity contribution >= 4 is 53.7 Å². The summed E-state index contributed by atoms with van der Waals surface area (Å²) in [6, 6.07) is 33.1. The summed E-state index contributed by atoms with van der Waals surface area (Å²) in [5.41, 5.74) is 4.70. The third-order valence-electron chi connectivity index (χ3n) is 5.49. The van der Waals surface area contributed by atoms with E-state index in [-0.39, 0.29) is 0 Å². The zero-order valence-corrected chi connectivity index (χ0v) is 21.5. The smallest absolute Gasteiger partial charge is 0.0934 e. The Bertz CT molecular complexity index is 1520. The molecule has 0 spiro atoms. The zero-order valence-electron chi connectivity index (χ0n) is 18.4. The number of benzene rings is 4. The van der Waals surface area contributed by atoms with E-state index in [4.69, 9.17) is 0 Å². The molecule has 2 heterocycles. The molecular formula is C28H22Br2N4. The maximum Gasteiger partial charge on any atom is 0.0934 e. The van der Waals surface area contributed by atoms with Crippen molar-refractivity contribution in [3.63, 3.8) is 0 Å². The van der Waals surface area contributed by atoms with Crippen molar-refractivity contribution in [3.05, 3.63) is 130 Å². The average Bonchev–Trinajstić information content (AvgIpc) is 3.43. The summed E-state index contributed by atoms with van der Waals surface area (Å²) in [6.07, 6.45) is 3.99. The fourth-order valence-electron chi connectivity index (χ4n) is 3.82. The molecule has 6 aromatic rings. The van der Waals surface area contributed by atoms with E-state index >= 15 is 0 Å². The van der Waals surface area contributed by atoms with Crippen molar-refractivity contribution < 1.29 is 0 Å². The first-order chi connectivity index (χ1) is 16.6. The topological polar surface area (TPSA) is 35.6 Å². The van der Waals surface area contributed by atoms with Crippen LogP contribution in [0.5, 0.6) is 0 Å². The molecule has 0 unspecified atom stereocenters. The molecule has 4 nitrogen and oxygen atoms in total. The van der Waals surface area contributed by atoms with E-state index in [1.807, 2.05) is 45.9 Å². The van der Waals surface area contributed by atoms with Crippen molar-refractivity contribution in [1.29, 1.82) is 0 Å². The van der Waals surface area contributed by atoms with Crippen molar-refractivity contribution in [3.8, 4) is 0 Å². The summed E-state index contributed by atoms with van der Waals surface area (Å²) < 4.78 is 6.15. The molecular weight excluding hydrogens is 552 g/mol. The van der Waals surface area contributed by atoms with E-state index in [1.54, 1.807) is 0 Å². The van der Waals surface area contributed by atoms with Crippen LogP contribution in [-0.2, 0) is 13.1 Å². The van der Waals surface area contributed by atoms with E-state index in [0.717, 1.165) is 33.1 Å². The van der Waals surface area contributed by atoms with Crippen LogP contribution < -0.4 is 0 Å². The number of fused-ring (bicyclic) bond motifs is 2. The van der Waals surface area contributed by atoms with Gasteiger partial charge in [-0.25, -0.2) is 0 Å². The Balaban J connectivity index is 0.000000142. The van der Waals surface area contributed by atoms with E-state index in [0.29, 0.717) is 0 Å². The van der Waals surface area contributed by atoms with Crippen LogP contribution in [-0.4, -0.2) is 19.6 Å². The Kier molecular flexibility index (Phi) is 6.88. The van der Waals surface area contributed by atoms with Gasteiger partial charge in [-0.15, -0.1) is 0 Å². The van der Waals surface area contributed by atoms with E-state index in [1.165, 1.54) is 21.9 Å². The third kappa shape index (κ3) is 5.46. The molecule has 4 aromatic carbocycles. The Morgan fingerprint density at radius 1 is 0.647 bits per heavy atom.